The Hall–Kier alpha value is -2.85. The summed E-state index contributed by atoms with van der Waals surface area (Å²) in [6.07, 6.45) is 0. The van der Waals surface area contributed by atoms with Crippen LogP contribution in [0, 0.1) is 18.3 Å². The predicted molar refractivity (Wildman–Crippen MR) is 97.0 cm³/mol. The lowest BCUT2D eigenvalue weighted by molar-refractivity contribution is 0.0523. The first-order valence-corrected chi connectivity index (χ1v) is 8.87. The van der Waals surface area contributed by atoms with Crippen LogP contribution in [0.5, 0.6) is 0 Å². The van der Waals surface area contributed by atoms with E-state index in [4.69, 9.17) is 9.47 Å². The number of aromatic nitrogens is 1. The SMILES string of the molecule is CCOC(=O)c1cc(C#N)c(SCc2cccc(C(=O)OC)c2)nc1C. The summed E-state index contributed by atoms with van der Waals surface area (Å²) in [4.78, 5) is 27.9. The van der Waals surface area contributed by atoms with Crippen molar-refractivity contribution in [2.75, 3.05) is 13.7 Å². The Morgan fingerprint density at radius 2 is 2.04 bits per heavy atom. The first-order valence-electron chi connectivity index (χ1n) is 7.89. The van der Waals surface area contributed by atoms with E-state index >= 15 is 0 Å². The van der Waals surface area contributed by atoms with Gasteiger partial charge in [0, 0.05) is 5.75 Å². The van der Waals surface area contributed by atoms with E-state index < -0.39 is 11.9 Å². The average molecular weight is 370 g/mol. The van der Waals surface area contributed by atoms with Gasteiger partial charge >= 0.3 is 11.9 Å². The summed E-state index contributed by atoms with van der Waals surface area (Å²) >= 11 is 1.36. The Morgan fingerprint density at radius 1 is 1.27 bits per heavy atom. The van der Waals surface area contributed by atoms with Gasteiger partial charge in [0.2, 0.25) is 0 Å². The fourth-order valence-corrected chi connectivity index (χ4v) is 3.19. The standard InChI is InChI=1S/C19H18N2O4S/c1-4-25-19(23)16-9-15(10-20)17(21-12(16)2)26-11-13-6-5-7-14(8-13)18(22)24-3/h5-9H,4,11H2,1-3H3. The van der Waals surface area contributed by atoms with Crippen LogP contribution in [0.3, 0.4) is 0 Å². The molecule has 0 aliphatic rings. The second-order valence-corrected chi connectivity index (χ2v) is 6.25. The van der Waals surface area contributed by atoms with E-state index in [1.54, 1.807) is 32.0 Å². The highest BCUT2D eigenvalue weighted by Crippen LogP contribution is 2.26. The van der Waals surface area contributed by atoms with Gasteiger partial charge in [-0.1, -0.05) is 12.1 Å². The predicted octanol–water partition coefficient (Wildman–Crippen LogP) is 3.52. The molecule has 0 amide bonds. The zero-order chi connectivity index (χ0) is 19.1. The number of carbonyl (C=O) groups is 2. The maximum absolute atomic E-state index is 11.9. The van der Waals surface area contributed by atoms with Crippen molar-refractivity contribution >= 4 is 23.7 Å². The van der Waals surface area contributed by atoms with Gasteiger partial charge in [-0.3, -0.25) is 0 Å². The smallest absolute Gasteiger partial charge is 0.340 e. The third kappa shape index (κ3) is 4.61. The molecule has 0 aliphatic carbocycles. The number of ether oxygens (including phenoxy) is 2. The fraction of sp³-hybridized carbons (Fsp3) is 0.263. The number of benzene rings is 1. The van der Waals surface area contributed by atoms with Crippen LogP contribution < -0.4 is 0 Å². The number of aryl methyl sites for hydroxylation is 1. The van der Waals surface area contributed by atoms with Crippen molar-refractivity contribution < 1.29 is 19.1 Å². The Kier molecular flexibility index (Phi) is 6.75. The van der Waals surface area contributed by atoms with Gasteiger partial charge in [0.1, 0.15) is 11.1 Å². The van der Waals surface area contributed by atoms with Crippen molar-refractivity contribution in [2.45, 2.75) is 24.6 Å². The lowest BCUT2D eigenvalue weighted by Gasteiger charge is -2.09. The minimum Gasteiger partial charge on any atom is -0.465 e. The van der Waals surface area contributed by atoms with E-state index in [0.29, 0.717) is 33.2 Å². The molecule has 1 aromatic carbocycles. The monoisotopic (exact) mass is 370 g/mol. The van der Waals surface area contributed by atoms with Gasteiger partial charge in [-0.05, 0) is 37.6 Å². The average Bonchev–Trinajstić information content (AvgIpc) is 2.66. The highest BCUT2D eigenvalue weighted by Gasteiger charge is 2.16. The molecular weight excluding hydrogens is 352 g/mol. The second kappa shape index (κ2) is 9.02. The molecule has 2 aromatic rings. The van der Waals surface area contributed by atoms with Crippen molar-refractivity contribution in [3.63, 3.8) is 0 Å². The molecule has 0 aliphatic heterocycles. The zero-order valence-electron chi connectivity index (χ0n) is 14.7. The van der Waals surface area contributed by atoms with Crippen molar-refractivity contribution in [1.82, 2.24) is 4.98 Å². The number of thioether (sulfide) groups is 1. The van der Waals surface area contributed by atoms with Gasteiger partial charge in [-0.15, -0.1) is 11.8 Å². The number of esters is 2. The molecular formula is C19H18N2O4S. The Balaban J connectivity index is 2.22. The maximum Gasteiger partial charge on any atom is 0.340 e. The summed E-state index contributed by atoms with van der Waals surface area (Å²) < 4.78 is 9.70. The summed E-state index contributed by atoms with van der Waals surface area (Å²) in [6.45, 7) is 3.68. The van der Waals surface area contributed by atoms with E-state index in [1.165, 1.54) is 24.9 Å². The topological polar surface area (TPSA) is 89.3 Å². The quantitative estimate of drug-likeness (QED) is 0.568. The molecule has 6 nitrogen and oxygen atoms in total. The number of carbonyl (C=O) groups excluding carboxylic acids is 2. The Labute approximate surface area is 156 Å². The molecule has 0 bridgehead atoms. The van der Waals surface area contributed by atoms with Crippen LogP contribution in [0.1, 0.15) is 44.5 Å². The van der Waals surface area contributed by atoms with Crippen LogP contribution in [0.25, 0.3) is 0 Å². The number of nitrogens with zero attached hydrogens (tertiary/aromatic N) is 2. The van der Waals surface area contributed by atoms with E-state index in [9.17, 15) is 14.9 Å². The molecule has 0 unspecified atom stereocenters. The normalized spacial score (nSPS) is 10.1. The van der Waals surface area contributed by atoms with Gasteiger partial charge in [-0.25, -0.2) is 14.6 Å². The van der Waals surface area contributed by atoms with Crippen molar-refractivity contribution in [2.24, 2.45) is 0 Å². The lowest BCUT2D eigenvalue weighted by Crippen LogP contribution is -2.09. The minimum atomic E-state index is -0.490. The molecule has 0 saturated carbocycles. The van der Waals surface area contributed by atoms with Gasteiger partial charge in [0.25, 0.3) is 0 Å². The molecule has 2 rings (SSSR count). The molecule has 0 saturated heterocycles. The van der Waals surface area contributed by atoms with Crippen LogP contribution in [0.2, 0.25) is 0 Å². The number of hydrogen-bond donors (Lipinski definition) is 0. The van der Waals surface area contributed by atoms with Crippen molar-refractivity contribution in [3.05, 3.63) is 58.3 Å². The third-order valence-electron chi connectivity index (χ3n) is 3.52. The minimum absolute atomic E-state index is 0.257. The highest BCUT2D eigenvalue weighted by atomic mass is 32.2. The molecule has 0 atom stereocenters. The summed E-state index contributed by atoms with van der Waals surface area (Å²) in [5.41, 5.74) is 2.48. The molecule has 0 spiro atoms. The molecule has 1 aromatic heterocycles. The van der Waals surface area contributed by atoms with Crippen LogP contribution >= 0.6 is 11.8 Å². The number of pyridine rings is 1. The van der Waals surface area contributed by atoms with Gasteiger partial charge in [0.15, 0.2) is 0 Å². The Bertz CT molecular complexity index is 874. The van der Waals surface area contributed by atoms with Gasteiger partial charge in [-0.2, -0.15) is 5.26 Å². The van der Waals surface area contributed by atoms with Crippen LogP contribution in [-0.4, -0.2) is 30.6 Å². The van der Waals surface area contributed by atoms with Gasteiger partial charge in [0.05, 0.1) is 36.1 Å². The van der Waals surface area contributed by atoms with E-state index in [-0.39, 0.29) is 6.61 Å². The lowest BCUT2D eigenvalue weighted by atomic mass is 10.1. The van der Waals surface area contributed by atoms with E-state index in [2.05, 4.69) is 11.1 Å². The summed E-state index contributed by atoms with van der Waals surface area (Å²) in [5, 5.41) is 9.90. The molecule has 26 heavy (non-hydrogen) atoms. The highest BCUT2D eigenvalue weighted by molar-refractivity contribution is 7.98. The second-order valence-electron chi connectivity index (χ2n) is 5.29. The summed E-state index contributed by atoms with van der Waals surface area (Å²) in [7, 11) is 1.33. The molecule has 0 N–H and O–H groups in total. The van der Waals surface area contributed by atoms with E-state index in [1.807, 2.05) is 6.07 Å². The first kappa shape index (κ1) is 19.5. The zero-order valence-corrected chi connectivity index (χ0v) is 15.6. The van der Waals surface area contributed by atoms with Crippen LogP contribution in [0.15, 0.2) is 35.4 Å². The van der Waals surface area contributed by atoms with Crippen LogP contribution in [0.4, 0.5) is 0 Å². The molecule has 1 heterocycles. The van der Waals surface area contributed by atoms with Crippen molar-refractivity contribution in [1.29, 1.82) is 5.26 Å². The molecule has 7 heteroatoms. The Morgan fingerprint density at radius 3 is 2.69 bits per heavy atom. The van der Waals surface area contributed by atoms with E-state index in [0.717, 1.165) is 5.56 Å². The number of nitriles is 1. The summed E-state index contributed by atoms with van der Waals surface area (Å²) in [5.74, 6) is -0.372. The number of methoxy groups -OCH3 is 1. The molecule has 0 fully saturated rings. The number of rotatable bonds is 6. The third-order valence-corrected chi connectivity index (χ3v) is 4.58. The molecule has 134 valence electrons. The first-order chi connectivity index (χ1) is 12.5. The summed E-state index contributed by atoms with van der Waals surface area (Å²) in [6, 6.07) is 10.7. The van der Waals surface area contributed by atoms with Crippen molar-refractivity contribution in [3.8, 4) is 6.07 Å². The number of hydrogen-bond acceptors (Lipinski definition) is 7. The van der Waals surface area contributed by atoms with Gasteiger partial charge < -0.3 is 9.47 Å². The fourth-order valence-electron chi connectivity index (χ4n) is 2.25. The maximum atomic E-state index is 11.9. The largest absolute Gasteiger partial charge is 0.465 e. The van der Waals surface area contributed by atoms with Crippen LogP contribution in [-0.2, 0) is 15.2 Å². The molecule has 0 radical (unpaired) electrons.